The molecule has 136 valence electrons. The molecule has 1 unspecified atom stereocenters. The summed E-state index contributed by atoms with van der Waals surface area (Å²) in [5.74, 6) is -0.392. The summed E-state index contributed by atoms with van der Waals surface area (Å²) in [4.78, 5) is 13.1. The molecule has 1 fully saturated rings. The SMILES string of the molecule is C=C(/C=C(\C(=C)N(C)CCC(C)OC)C(F)(F)F)NC(=O)C1CC1. The third-order valence-electron chi connectivity index (χ3n) is 3.90. The largest absolute Gasteiger partial charge is 0.418 e. The molecule has 7 heteroatoms. The van der Waals surface area contributed by atoms with Gasteiger partial charge in [-0.3, -0.25) is 4.79 Å². The van der Waals surface area contributed by atoms with Crippen LogP contribution in [0.5, 0.6) is 0 Å². The van der Waals surface area contributed by atoms with Crippen molar-refractivity contribution >= 4 is 5.91 Å². The highest BCUT2D eigenvalue weighted by Gasteiger charge is 2.37. The van der Waals surface area contributed by atoms with Crippen LogP contribution in [0.3, 0.4) is 0 Å². The molecule has 0 saturated heterocycles. The fraction of sp³-hybridized carbons (Fsp3) is 0.588. The van der Waals surface area contributed by atoms with E-state index in [9.17, 15) is 18.0 Å². The molecular formula is C17H25F3N2O2. The maximum atomic E-state index is 13.3. The number of allylic oxidation sites excluding steroid dienone is 2. The van der Waals surface area contributed by atoms with E-state index in [1.807, 2.05) is 6.92 Å². The zero-order valence-corrected chi connectivity index (χ0v) is 14.4. The number of halogens is 3. The van der Waals surface area contributed by atoms with Gasteiger partial charge in [-0.25, -0.2) is 0 Å². The van der Waals surface area contributed by atoms with E-state index in [0.29, 0.717) is 13.0 Å². The molecule has 1 N–H and O–H groups in total. The van der Waals surface area contributed by atoms with Crippen LogP contribution in [0.25, 0.3) is 0 Å². The Bertz CT molecular complexity index is 522. The molecule has 0 bridgehead atoms. The minimum absolute atomic E-state index is 0.0636. The van der Waals surface area contributed by atoms with Crippen LogP contribution >= 0.6 is 0 Å². The Hall–Kier alpha value is -1.76. The first-order valence-corrected chi connectivity index (χ1v) is 7.78. The molecule has 0 radical (unpaired) electrons. The number of rotatable bonds is 9. The molecule has 0 aliphatic heterocycles. The smallest absolute Gasteiger partial charge is 0.382 e. The molecule has 0 aromatic carbocycles. The molecule has 4 nitrogen and oxygen atoms in total. The van der Waals surface area contributed by atoms with Gasteiger partial charge in [0.15, 0.2) is 0 Å². The summed E-state index contributed by atoms with van der Waals surface area (Å²) in [6, 6.07) is 0. The summed E-state index contributed by atoms with van der Waals surface area (Å²) in [6.45, 7) is 9.25. The highest BCUT2D eigenvalue weighted by atomic mass is 19.4. The van der Waals surface area contributed by atoms with E-state index in [2.05, 4.69) is 18.5 Å². The van der Waals surface area contributed by atoms with Gasteiger partial charge in [0.25, 0.3) is 0 Å². The van der Waals surface area contributed by atoms with Crippen molar-refractivity contribution in [3.8, 4) is 0 Å². The van der Waals surface area contributed by atoms with Gasteiger partial charge in [0.1, 0.15) is 0 Å². The van der Waals surface area contributed by atoms with Gasteiger partial charge in [-0.2, -0.15) is 13.2 Å². The maximum absolute atomic E-state index is 13.3. The van der Waals surface area contributed by atoms with Crippen molar-refractivity contribution in [2.24, 2.45) is 5.92 Å². The highest BCUT2D eigenvalue weighted by Crippen LogP contribution is 2.33. The van der Waals surface area contributed by atoms with E-state index in [0.717, 1.165) is 18.9 Å². The van der Waals surface area contributed by atoms with Gasteiger partial charge in [0.05, 0.1) is 11.7 Å². The second kappa shape index (κ2) is 8.37. The molecule has 0 heterocycles. The number of hydrogen-bond donors (Lipinski definition) is 1. The van der Waals surface area contributed by atoms with Gasteiger partial charge in [-0.05, 0) is 32.3 Å². The summed E-state index contributed by atoms with van der Waals surface area (Å²) in [7, 11) is 3.09. The topological polar surface area (TPSA) is 41.6 Å². The predicted octanol–water partition coefficient (Wildman–Crippen LogP) is 3.39. The first kappa shape index (κ1) is 20.3. The van der Waals surface area contributed by atoms with Crippen LogP contribution in [0.15, 0.2) is 36.2 Å². The summed E-state index contributed by atoms with van der Waals surface area (Å²) >= 11 is 0. The van der Waals surface area contributed by atoms with Crippen molar-refractivity contribution in [3.63, 3.8) is 0 Å². The van der Waals surface area contributed by atoms with Crippen molar-refractivity contribution in [1.82, 2.24) is 10.2 Å². The number of nitrogens with one attached hydrogen (secondary N) is 1. The van der Waals surface area contributed by atoms with Crippen molar-refractivity contribution in [3.05, 3.63) is 36.2 Å². The first-order valence-electron chi connectivity index (χ1n) is 7.78. The molecule has 1 amide bonds. The lowest BCUT2D eigenvalue weighted by Gasteiger charge is -2.26. The molecule has 1 saturated carbocycles. The lowest BCUT2D eigenvalue weighted by molar-refractivity contribution is -0.121. The van der Waals surface area contributed by atoms with Gasteiger partial charge >= 0.3 is 6.18 Å². The van der Waals surface area contributed by atoms with Crippen molar-refractivity contribution in [2.45, 2.75) is 38.5 Å². The molecule has 0 spiro atoms. The van der Waals surface area contributed by atoms with Crippen LogP contribution in [0.2, 0.25) is 0 Å². The van der Waals surface area contributed by atoms with Gasteiger partial charge < -0.3 is 15.0 Å². The van der Waals surface area contributed by atoms with Crippen LogP contribution < -0.4 is 5.32 Å². The number of carbonyl (C=O) groups excluding carboxylic acids is 1. The fourth-order valence-corrected chi connectivity index (χ4v) is 1.98. The van der Waals surface area contributed by atoms with E-state index < -0.39 is 11.7 Å². The molecule has 1 aliphatic carbocycles. The fourth-order valence-electron chi connectivity index (χ4n) is 1.98. The Morgan fingerprint density at radius 3 is 2.46 bits per heavy atom. The van der Waals surface area contributed by atoms with Crippen LogP contribution in [0, 0.1) is 5.92 Å². The molecular weight excluding hydrogens is 321 g/mol. The maximum Gasteiger partial charge on any atom is 0.418 e. The molecule has 0 aromatic heterocycles. The highest BCUT2D eigenvalue weighted by molar-refractivity contribution is 5.82. The summed E-state index contributed by atoms with van der Waals surface area (Å²) < 4.78 is 45.1. The van der Waals surface area contributed by atoms with Crippen LogP contribution in [0.1, 0.15) is 26.2 Å². The number of alkyl halides is 3. The van der Waals surface area contributed by atoms with E-state index in [1.165, 1.54) is 11.9 Å². The Balaban J connectivity index is 2.79. The van der Waals surface area contributed by atoms with Crippen molar-refractivity contribution < 1.29 is 22.7 Å². The monoisotopic (exact) mass is 346 g/mol. The van der Waals surface area contributed by atoms with Crippen molar-refractivity contribution in [1.29, 1.82) is 0 Å². The third-order valence-corrected chi connectivity index (χ3v) is 3.90. The normalized spacial score (nSPS) is 16.5. The molecule has 24 heavy (non-hydrogen) atoms. The Kier molecular flexibility index (Phi) is 7.08. The van der Waals surface area contributed by atoms with Crippen LogP contribution in [-0.2, 0) is 9.53 Å². The average molecular weight is 346 g/mol. The standard InChI is InChI=1S/C17H25F3N2O2/c1-11(21-16(23)14-6-7-14)10-15(17(18,19)20)13(3)22(4)9-8-12(2)24-5/h10,12,14H,1,3,6-9H2,2,4-5H3,(H,21,23)/b15-10+. The van der Waals surface area contributed by atoms with Crippen LogP contribution in [0.4, 0.5) is 13.2 Å². The lowest BCUT2D eigenvalue weighted by atomic mass is 10.1. The van der Waals surface area contributed by atoms with Gasteiger partial charge in [0.2, 0.25) is 5.91 Å². The number of nitrogens with zero attached hydrogens (tertiary/aromatic N) is 1. The van der Waals surface area contributed by atoms with E-state index in [1.54, 1.807) is 7.11 Å². The summed E-state index contributed by atoms with van der Waals surface area (Å²) in [6.07, 6.45) is -1.73. The Labute approximate surface area is 141 Å². The quantitative estimate of drug-likeness (QED) is 0.651. The zero-order chi connectivity index (χ0) is 18.5. The van der Waals surface area contributed by atoms with Crippen LogP contribution in [-0.4, -0.2) is 43.8 Å². The first-order chi connectivity index (χ1) is 11.1. The lowest BCUT2D eigenvalue weighted by Crippen LogP contribution is -2.29. The number of amides is 1. The molecule has 0 aromatic rings. The number of ether oxygens (including phenoxy) is 1. The minimum Gasteiger partial charge on any atom is -0.382 e. The van der Waals surface area contributed by atoms with Gasteiger partial charge in [-0.1, -0.05) is 13.2 Å². The Morgan fingerprint density at radius 2 is 2.00 bits per heavy atom. The predicted molar refractivity (Wildman–Crippen MR) is 87.0 cm³/mol. The average Bonchev–Trinajstić information content (AvgIpc) is 3.32. The second-order valence-corrected chi connectivity index (χ2v) is 6.05. The minimum atomic E-state index is -4.59. The molecule has 1 aliphatic rings. The van der Waals surface area contributed by atoms with E-state index >= 15 is 0 Å². The van der Waals surface area contributed by atoms with Gasteiger partial charge in [-0.15, -0.1) is 0 Å². The second-order valence-electron chi connectivity index (χ2n) is 6.05. The Morgan fingerprint density at radius 1 is 1.42 bits per heavy atom. The number of hydrogen-bond acceptors (Lipinski definition) is 3. The molecule has 1 atom stereocenters. The number of methoxy groups -OCH3 is 1. The van der Waals surface area contributed by atoms with Gasteiger partial charge in [0, 0.05) is 38.0 Å². The number of likely N-dealkylation sites (N-methyl/N-ethyl adjacent to an activating group) is 1. The van der Waals surface area contributed by atoms with Crippen molar-refractivity contribution in [2.75, 3.05) is 20.7 Å². The van der Waals surface area contributed by atoms with E-state index in [4.69, 9.17) is 4.74 Å². The molecule has 1 rings (SSSR count). The summed E-state index contributed by atoms with van der Waals surface area (Å²) in [5.41, 5.74) is -1.18. The summed E-state index contributed by atoms with van der Waals surface area (Å²) in [5, 5.41) is 2.41. The number of carbonyl (C=O) groups is 1. The third kappa shape index (κ3) is 6.39. The van der Waals surface area contributed by atoms with E-state index in [-0.39, 0.29) is 29.3 Å². The zero-order valence-electron chi connectivity index (χ0n) is 14.4.